The fourth-order valence-electron chi connectivity index (χ4n) is 1.70. The van der Waals surface area contributed by atoms with Crippen LogP contribution in [0.1, 0.15) is 17.2 Å². The summed E-state index contributed by atoms with van der Waals surface area (Å²) >= 11 is 0. The van der Waals surface area contributed by atoms with Gasteiger partial charge in [-0.1, -0.05) is 18.2 Å². The van der Waals surface area contributed by atoms with Crippen molar-refractivity contribution < 1.29 is 8.42 Å². The fourth-order valence-corrected chi connectivity index (χ4v) is 2.64. The highest BCUT2D eigenvalue weighted by Crippen LogP contribution is 2.17. The van der Waals surface area contributed by atoms with Crippen LogP contribution in [0.5, 0.6) is 0 Å². The van der Waals surface area contributed by atoms with Crippen LogP contribution >= 0.6 is 0 Å². The lowest BCUT2D eigenvalue weighted by molar-refractivity contribution is 0.601. The molecule has 1 aromatic carbocycles. The number of rotatable bonds is 4. The second-order valence-electron chi connectivity index (χ2n) is 3.96. The highest BCUT2D eigenvalue weighted by atomic mass is 32.2. The lowest BCUT2D eigenvalue weighted by atomic mass is 10.1. The quantitative estimate of drug-likeness (QED) is 0.826. The van der Waals surface area contributed by atoms with Crippen molar-refractivity contribution in [1.29, 1.82) is 0 Å². The molecule has 0 atom stereocenters. The topological polar surface area (TPSA) is 102 Å². The van der Waals surface area contributed by atoms with Crippen molar-refractivity contribution in [3.8, 4) is 0 Å². The van der Waals surface area contributed by atoms with Gasteiger partial charge in [-0.25, -0.2) is 13.4 Å². The SMILES string of the molecule is CS(=O)(=O)c1ccccc1Cc1nc(CN)n[nH]1. The molecule has 0 aliphatic heterocycles. The number of aromatic nitrogens is 3. The number of hydrogen-bond acceptors (Lipinski definition) is 5. The predicted molar refractivity (Wildman–Crippen MR) is 66.6 cm³/mol. The smallest absolute Gasteiger partial charge is 0.175 e. The van der Waals surface area contributed by atoms with Gasteiger partial charge in [-0.15, -0.1) is 0 Å². The van der Waals surface area contributed by atoms with Crippen LogP contribution < -0.4 is 5.73 Å². The van der Waals surface area contributed by atoms with Gasteiger partial charge >= 0.3 is 0 Å². The maximum atomic E-state index is 11.6. The molecule has 1 aromatic heterocycles. The van der Waals surface area contributed by atoms with Crippen molar-refractivity contribution in [2.45, 2.75) is 17.9 Å². The van der Waals surface area contributed by atoms with E-state index in [-0.39, 0.29) is 6.54 Å². The standard InChI is InChI=1S/C11H14N4O2S/c1-18(16,17)9-5-3-2-4-8(9)6-10-13-11(7-12)15-14-10/h2-5H,6-7,12H2,1H3,(H,13,14,15). The second-order valence-corrected chi connectivity index (χ2v) is 5.94. The summed E-state index contributed by atoms with van der Waals surface area (Å²) in [6, 6.07) is 6.85. The van der Waals surface area contributed by atoms with Gasteiger partial charge in [0, 0.05) is 12.7 Å². The number of hydrogen-bond donors (Lipinski definition) is 2. The molecule has 3 N–H and O–H groups in total. The molecule has 2 rings (SSSR count). The Balaban J connectivity index is 2.35. The number of nitrogens with two attached hydrogens (primary N) is 1. The summed E-state index contributed by atoms with van der Waals surface area (Å²) in [6.07, 6.45) is 1.58. The first-order valence-corrected chi connectivity index (χ1v) is 7.28. The molecule has 0 saturated carbocycles. The maximum Gasteiger partial charge on any atom is 0.175 e. The molecule has 0 fully saturated rings. The minimum absolute atomic E-state index is 0.254. The highest BCUT2D eigenvalue weighted by molar-refractivity contribution is 7.90. The Kier molecular flexibility index (Phi) is 3.44. The summed E-state index contributed by atoms with van der Waals surface area (Å²) in [4.78, 5) is 4.48. The van der Waals surface area contributed by atoms with E-state index in [2.05, 4.69) is 15.2 Å². The van der Waals surface area contributed by atoms with Crippen molar-refractivity contribution in [2.24, 2.45) is 5.73 Å². The Bertz CT molecular complexity index is 649. The van der Waals surface area contributed by atoms with Crippen molar-refractivity contribution in [2.75, 3.05) is 6.26 Å². The Morgan fingerprint density at radius 2 is 2.06 bits per heavy atom. The largest absolute Gasteiger partial charge is 0.324 e. The van der Waals surface area contributed by atoms with E-state index in [1.807, 2.05) is 0 Å². The molecule has 1 heterocycles. The first-order chi connectivity index (χ1) is 8.50. The van der Waals surface area contributed by atoms with Gasteiger partial charge in [-0.2, -0.15) is 5.10 Å². The minimum Gasteiger partial charge on any atom is -0.324 e. The summed E-state index contributed by atoms with van der Waals surface area (Å²) in [6.45, 7) is 0.254. The van der Waals surface area contributed by atoms with Crippen molar-refractivity contribution in [1.82, 2.24) is 15.2 Å². The number of nitrogens with one attached hydrogen (secondary N) is 1. The molecule has 18 heavy (non-hydrogen) atoms. The Labute approximate surface area is 105 Å². The monoisotopic (exact) mass is 266 g/mol. The summed E-state index contributed by atoms with van der Waals surface area (Å²) in [7, 11) is -3.24. The molecule has 7 heteroatoms. The van der Waals surface area contributed by atoms with E-state index in [4.69, 9.17) is 5.73 Å². The summed E-state index contributed by atoms with van der Waals surface area (Å²) in [5.41, 5.74) is 6.11. The van der Waals surface area contributed by atoms with Gasteiger partial charge in [0.05, 0.1) is 11.4 Å². The van der Waals surface area contributed by atoms with Crippen molar-refractivity contribution in [3.63, 3.8) is 0 Å². The Hall–Kier alpha value is -1.73. The zero-order valence-electron chi connectivity index (χ0n) is 9.92. The van der Waals surface area contributed by atoms with Crippen LogP contribution in [-0.2, 0) is 22.8 Å². The third kappa shape index (κ3) is 2.74. The van der Waals surface area contributed by atoms with Gasteiger partial charge in [0.15, 0.2) is 15.7 Å². The maximum absolute atomic E-state index is 11.6. The third-order valence-electron chi connectivity index (χ3n) is 2.49. The molecule has 0 bridgehead atoms. The second kappa shape index (κ2) is 4.87. The van der Waals surface area contributed by atoms with Crippen molar-refractivity contribution in [3.05, 3.63) is 41.5 Å². The van der Waals surface area contributed by atoms with Crippen LogP contribution in [0.25, 0.3) is 0 Å². The normalized spacial score (nSPS) is 11.7. The molecule has 6 nitrogen and oxygen atoms in total. The number of benzene rings is 1. The van der Waals surface area contributed by atoms with Crippen LogP contribution in [0.3, 0.4) is 0 Å². The molecule has 0 spiro atoms. The number of aromatic amines is 1. The van der Waals surface area contributed by atoms with E-state index in [1.54, 1.807) is 24.3 Å². The van der Waals surface area contributed by atoms with Crippen LogP contribution in [0.4, 0.5) is 0 Å². The molecule has 0 unspecified atom stereocenters. The Morgan fingerprint density at radius 1 is 1.33 bits per heavy atom. The van der Waals surface area contributed by atoms with Gasteiger partial charge in [0.2, 0.25) is 0 Å². The first-order valence-electron chi connectivity index (χ1n) is 5.39. The zero-order chi connectivity index (χ0) is 13.2. The minimum atomic E-state index is -3.24. The van der Waals surface area contributed by atoms with Crippen molar-refractivity contribution >= 4 is 9.84 Å². The van der Waals surface area contributed by atoms with Gasteiger partial charge in [0.25, 0.3) is 0 Å². The summed E-state index contributed by atoms with van der Waals surface area (Å²) < 4.78 is 23.3. The lowest BCUT2D eigenvalue weighted by Gasteiger charge is -2.05. The number of sulfone groups is 1. The van der Waals surface area contributed by atoms with Crippen LogP contribution in [0.15, 0.2) is 29.2 Å². The van der Waals surface area contributed by atoms with E-state index < -0.39 is 9.84 Å². The van der Waals surface area contributed by atoms with Crippen LogP contribution in [0.2, 0.25) is 0 Å². The molecule has 0 saturated heterocycles. The van der Waals surface area contributed by atoms with Crippen LogP contribution in [0, 0.1) is 0 Å². The number of nitrogens with zero attached hydrogens (tertiary/aromatic N) is 2. The van der Waals surface area contributed by atoms with E-state index in [1.165, 1.54) is 6.26 Å². The van der Waals surface area contributed by atoms with E-state index in [0.29, 0.717) is 28.5 Å². The summed E-state index contributed by atoms with van der Waals surface area (Å²) in [5, 5.41) is 6.66. The van der Waals surface area contributed by atoms with Crippen LogP contribution in [-0.4, -0.2) is 29.9 Å². The van der Waals surface area contributed by atoms with E-state index in [9.17, 15) is 8.42 Å². The van der Waals surface area contributed by atoms with Gasteiger partial charge in [0.1, 0.15) is 5.82 Å². The zero-order valence-corrected chi connectivity index (χ0v) is 10.7. The van der Waals surface area contributed by atoms with Gasteiger partial charge < -0.3 is 5.73 Å². The highest BCUT2D eigenvalue weighted by Gasteiger charge is 2.14. The van der Waals surface area contributed by atoms with E-state index in [0.717, 1.165) is 0 Å². The lowest BCUT2D eigenvalue weighted by Crippen LogP contribution is -2.04. The molecule has 2 aromatic rings. The van der Waals surface area contributed by atoms with Gasteiger partial charge in [-0.05, 0) is 11.6 Å². The Morgan fingerprint density at radius 3 is 2.67 bits per heavy atom. The molecule has 96 valence electrons. The first kappa shape index (κ1) is 12.7. The molecule has 0 aliphatic rings. The molecular weight excluding hydrogens is 252 g/mol. The fraction of sp³-hybridized carbons (Fsp3) is 0.273. The van der Waals surface area contributed by atoms with E-state index >= 15 is 0 Å². The predicted octanol–water partition coefficient (Wildman–Crippen LogP) is 0.258. The molecule has 0 aliphatic carbocycles. The average Bonchev–Trinajstić information content (AvgIpc) is 2.76. The third-order valence-corrected chi connectivity index (χ3v) is 3.69. The molecular formula is C11H14N4O2S. The molecule has 0 amide bonds. The molecule has 0 radical (unpaired) electrons. The average molecular weight is 266 g/mol. The van der Waals surface area contributed by atoms with Gasteiger partial charge in [-0.3, -0.25) is 5.10 Å². The summed E-state index contributed by atoms with van der Waals surface area (Å²) in [5.74, 6) is 1.12. The number of H-pyrrole nitrogens is 1.